The highest BCUT2D eigenvalue weighted by Crippen LogP contribution is 2.04. The van der Waals surface area contributed by atoms with Crippen molar-refractivity contribution in [3.05, 3.63) is 0 Å². The number of carbonyl (C=O) groups is 4. The number of rotatable bonds is 0. The fraction of sp³-hybridized carbons (Fsp3) is 0.500. The molecule has 2 aliphatic rings. The van der Waals surface area contributed by atoms with Gasteiger partial charge in [0.1, 0.15) is 0 Å². The largest absolute Gasteiger partial charge is 0.393 e. The normalized spacial score (nSPS) is 17.9. The Morgan fingerprint density at radius 2 is 0.812 bits per heavy atom. The minimum absolute atomic E-state index is 0.263. The summed E-state index contributed by atoms with van der Waals surface area (Å²) in [5, 5.41) is 12.0. The molecule has 90 valence electrons. The van der Waals surface area contributed by atoms with Gasteiger partial charge >= 0.3 is 23.9 Å². The molecule has 0 radical (unpaired) electrons. The van der Waals surface area contributed by atoms with Crippen LogP contribution in [0.25, 0.3) is 0 Å². The molecule has 8 heteroatoms. The van der Waals surface area contributed by atoms with E-state index < -0.39 is 23.9 Å². The van der Waals surface area contributed by atoms with Gasteiger partial charge in [-0.05, 0) is 0 Å². The lowest BCUT2D eigenvalue weighted by molar-refractivity contribution is -0.176. The predicted molar refractivity (Wildman–Crippen MR) is 45.9 cm³/mol. The average molecular weight is 234 g/mol. The fourth-order valence-corrected chi connectivity index (χ4v) is 0.866. The van der Waals surface area contributed by atoms with Crippen molar-refractivity contribution in [2.24, 2.45) is 0 Å². The number of cyclic esters (lactones) is 4. The Balaban J connectivity index is 0.000000244. The summed E-state index contributed by atoms with van der Waals surface area (Å²) in [6.45, 7) is 0. The standard InChI is InChI=1S/2C4H4O3.H2O2/c2*5-3-1-2-4(6)7-3;1-2/h2*1-2H2;1-2H. The molecule has 0 unspecified atom stereocenters. The van der Waals surface area contributed by atoms with E-state index in [1.807, 2.05) is 0 Å². The lowest BCUT2D eigenvalue weighted by Crippen LogP contribution is -1.95. The Morgan fingerprint density at radius 1 is 0.625 bits per heavy atom. The van der Waals surface area contributed by atoms with Crippen molar-refractivity contribution in [1.82, 2.24) is 0 Å². The topological polar surface area (TPSA) is 127 Å². The molecule has 0 aromatic rings. The molecule has 0 aromatic heterocycles. The van der Waals surface area contributed by atoms with Gasteiger partial charge < -0.3 is 9.47 Å². The molecule has 2 N–H and O–H groups in total. The van der Waals surface area contributed by atoms with E-state index in [4.69, 9.17) is 10.5 Å². The number of hydrogen-bond donors (Lipinski definition) is 2. The maximum Gasteiger partial charge on any atom is 0.314 e. The summed E-state index contributed by atoms with van der Waals surface area (Å²) in [5.74, 6) is -1.59. The zero-order valence-corrected chi connectivity index (χ0v) is 8.17. The Hall–Kier alpha value is -1.80. The highest BCUT2D eigenvalue weighted by Gasteiger charge is 2.19. The molecule has 16 heavy (non-hydrogen) atoms. The van der Waals surface area contributed by atoms with Gasteiger partial charge in [-0.1, -0.05) is 0 Å². The third-order valence-electron chi connectivity index (χ3n) is 1.52. The van der Waals surface area contributed by atoms with Gasteiger partial charge in [0.25, 0.3) is 0 Å². The van der Waals surface area contributed by atoms with Crippen LogP contribution >= 0.6 is 0 Å². The van der Waals surface area contributed by atoms with Crippen LogP contribution in [0.3, 0.4) is 0 Å². The molecule has 0 aliphatic carbocycles. The van der Waals surface area contributed by atoms with E-state index in [1.54, 1.807) is 0 Å². The smallest absolute Gasteiger partial charge is 0.314 e. The van der Waals surface area contributed by atoms with Crippen LogP contribution in [0.1, 0.15) is 25.7 Å². The molecule has 2 fully saturated rings. The molecular weight excluding hydrogens is 224 g/mol. The summed E-state index contributed by atoms with van der Waals surface area (Å²) in [4.78, 5) is 40.0. The van der Waals surface area contributed by atoms with Crippen molar-refractivity contribution in [2.45, 2.75) is 25.7 Å². The molecule has 0 spiro atoms. The zero-order valence-electron chi connectivity index (χ0n) is 8.17. The van der Waals surface area contributed by atoms with Crippen molar-refractivity contribution >= 4 is 23.9 Å². The first-order chi connectivity index (χ1) is 7.58. The average Bonchev–Trinajstić information content (AvgIpc) is 2.80. The van der Waals surface area contributed by atoms with Gasteiger partial charge in [0, 0.05) is 0 Å². The first-order valence-corrected chi connectivity index (χ1v) is 4.25. The molecule has 0 amide bonds. The molecule has 2 rings (SSSR count). The molecule has 0 atom stereocenters. The van der Waals surface area contributed by atoms with Gasteiger partial charge in [-0.3, -0.25) is 29.7 Å². The van der Waals surface area contributed by atoms with Crippen LogP contribution in [0.4, 0.5) is 0 Å². The molecule has 0 aromatic carbocycles. The van der Waals surface area contributed by atoms with Crippen molar-refractivity contribution < 1.29 is 39.2 Å². The van der Waals surface area contributed by atoms with Crippen molar-refractivity contribution in [3.63, 3.8) is 0 Å². The van der Waals surface area contributed by atoms with Gasteiger partial charge in [0.05, 0.1) is 25.7 Å². The van der Waals surface area contributed by atoms with Crippen LogP contribution in [0.15, 0.2) is 0 Å². The van der Waals surface area contributed by atoms with E-state index in [2.05, 4.69) is 9.47 Å². The number of hydrogen-bond acceptors (Lipinski definition) is 8. The fourth-order valence-electron chi connectivity index (χ4n) is 0.866. The quantitative estimate of drug-likeness (QED) is 0.253. The van der Waals surface area contributed by atoms with Gasteiger partial charge in [-0.15, -0.1) is 0 Å². The molecule has 0 saturated carbocycles. The third kappa shape index (κ3) is 5.83. The second-order valence-electron chi connectivity index (χ2n) is 2.69. The SMILES string of the molecule is O=C1CCC(=O)O1.O=C1CCC(=O)O1.OO. The van der Waals surface area contributed by atoms with E-state index >= 15 is 0 Å². The molecule has 8 nitrogen and oxygen atoms in total. The van der Waals surface area contributed by atoms with Crippen LogP contribution in [0.5, 0.6) is 0 Å². The van der Waals surface area contributed by atoms with Gasteiger partial charge in [-0.2, -0.15) is 0 Å². The summed E-state index contributed by atoms with van der Waals surface area (Å²) in [6, 6.07) is 0. The third-order valence-corrected chi connectivity index (χ3v) is 1.52. The highest BCUT2D eigenvalue weighted by atomic mass is 17.0. The van der Waals surface area contributed by atoms with Crippen LogP contribution in [0.2, 0.25) is 0 Å². The highest BCUT2D eigenvalue weighted by molar-refractivity contribution is 5.93. The zero-order chi connectivity index (χ0) is 12.6. The van der Waals surface area contributed by atoms with E-state index in [0.29, 0.717) is 0 Å². The lowest BCUT2D eigenvalue weighted by Gasteiger charge is -1.79. The summed E-state index contributed by atoms with van der Waals surface area (Å²) in [6.07, 6.45) is 1.05. The summed E-state index contributed by atoms with van der Waals surface area (Å²) < 4.78 is 8.17. The minimum atomic E-state index is -0.398. The van der Waals surface area contributed by atoms with Crippen LogP contribution in [0, 0.1) is 0 Å². The molecule has 0 bridgehead atoms. The molecule has 2 heterocycles. The second-order valence-corrected chi connectivity index (χ2v) is 2.69. The number of ether oxygens (including phenoxy) is 2. The van der Waals surface area contributed by atoms with Crippen molar-refractivity contribution in [1.29, 1.82) is 0 Å². The first kappa shape index (κ1) is 14.2. The summed E-state index contributed by atoms with van der Waals surface area (Å²) in [7, 11) is 0. The Morgan fingerprint density at radius 3 is 0.875 bits per heavy atom. The van der Waals surface area contributed by atoms with Gasteiger partial charge in [-0.25, -0.2) is 0 Å². The maximum atomic E-state index is 10.0. The van der Waals surface area contributed by atoms with Crippen molar-refractivity contribution in [3.8, 4) is 0 Å². The van der Waals surface area contributed by atoms with Gasteiger partial charge in [0.2, 0.25) is 0 Å². The molecule has 2 saturated heterocycles. The van der Waals surface area contributed by atoms with E-state index in [-0.39, 0.29) is 25.7 Å². The van der Waals surface area contributed by atoms with Crippen LogP contribution in [-0.2, 0) is 28.7 Å². The summed E-state index contributed by atoms with van der Waals surface area (Å²) in [5.41, 5.74) is 0. The first-order valence-electron chi connectivity index (χ1n) is 4.25. The summed E-state index contributed by atoms with van der Waals surface area (Å²) >= 11 is 0. The predicted octanol–water partition coefficient (Wildman–Crippen LogP) is -0.283. The monoisotopic (exact) mass is 234 g/mol. The van der Waals surface area contributed by atoms with Gasteiger partial charge in [0.15, 0.2) is 0 Å². The minimum Gasteiger partial charge on any atom is -0.393 e. The Labute approximate surface area is 89.7 Å². The molecular formula is C8H10O8. The van der Waals surface area contributed by atoms with Crippen molar-refractivity contribution in [2.75, 3.05) is 0 Å². The van der Waals surface area contributed by atoms with E-state index in [9.17, 15) is 19.2 Å². The number of esters is 4. The lowest BCUT2D eigenvalue weighted by atomic mass is 10.4. The molecule has 2 aliphatic heterocycles. The Kier molecular flexibility index (Phi) is 6.64. The van der Waals surface area contributed by atoms with E-state index in [0.717, 1.165) is 0 Å². The van der Waals surface area contributed by atoms with Crippen LogP contribution in [-0.4, -0.2) is 34.4 Å². The Bertz CT molecular complexity index is 236. The van der Waals surface area contributed by atoms with E-state index in [1.165, 1.54) is 0 Å². The number of carbonyl (C=O) groups excluding carboxylic acids is 4. The maximum absolute atomic E-state index is 10.0. The second kappa shape index (κ2) is 7.49. The van der Waals surface area contributed by atoms with Crippen LogP contribution < -0.4 is 0 Å².